The smallest absolute Gasteiger partial charge is 0.811 e. The van der Waals surface area contributed by atoms with Crippen LogP contribution in [0, 0.1) is 0 Å². The molecule has 0 unspecified atom stereocenters. The molecule has 0 fully saturated rings. The van der Waals surface area contributed by atoms with Gasteiger partial charge in [-0.05, 0) is 36.7 Å². The summed E-state index contributed by atoms with van der Waals surface area (Å²) in [6.45, 7) is 0. The van der Waals surface area contributed by atoms with E-state index in [-0.39, 0.29) is 49.6 Å². The maximum Gasteiger partial charge on any atom is 2.00 e. The van der Waals surface area contributed by atoms with Crippen molar-refractivity contribution in [2.75, 3.05) is 6.16 Å². The largest absolute Gasteiger partial charge is 2.00 e. The van der Waals surface area contributed by atoms with Gasteiger partial charge in [0.2, 0.25) is 0 Å². The molecule has 0 aliphatic heterocycles. The van der Waals surface area contributed by atoms with Crippen LogP contribution in [-0.4, -0.2) is 49.0 Å². The number of hydrogen-bond donors (Lipinski definition) is 1. The molecular formula is C9H11CaO4P. The Morgan fingerprint density at radius 3 is 2.20 bits per heavy atom. The van der Waals surface area contributed by atoms with E-state index in [4.69, 9.17) is 5.11 Å². The van der Waals surface area contributed by atoms with E-state index in [9.17, 15) is 14.4 Å². The van der Waals surface area contributed by atoms with E-state index in [2.05, 4.69) is 0 Å². The molecule has 15 heavy (non-hydrogen) atoms. The standard InChI is InChI=1S/C9H13O4P.Ca/c10-9-5-3-8(4-6-9)2-1-7-14(11,12)13;/h3-6,10H,1-2,7H2,(H2,11,12,13);/q;+2/p-2. The van der Waals surface area contributed by atoms with E-state index in [0.29, 0.717) is 12.8 Å². The SMILES string of the molecule is O=P([O-])([O-])CCCc1ccc(O)cc1.[Ca+2]. The van der Waals surface area contributed by atoms with Crippen LogP contribution >= 0.6 is 7.60 Å². The quantitative estimate of drug-likeness (QED) is 0.598. The number of rotatable bonds is 4. The van der Waals surface area contributed by atoms with Gasteiger partial charge >= 0.3 is 37.7 Å². The van der Waals surface area contributed by atoms with Crippen LogP contribution in [0.3, 0.4) is 0 Å². The fourth-order valence-corrected chi connectivity index (χ4v) is 1.68. The van der Waals surface area contributed by atoms with Crippen molar-refractivity contribution < 1.29 is 19.5 Å². The molecule has 1 N–H and O–H groups in total. The summed E-state index contributed by atoms with van der Waals surface area (Å²) in [5.74, 6) is 0.173. The number of aryl methyl sites for hydroxylation is 1. The first-order valence-corrected chi connectivity index (χ1v) is 5.99. The van der Waals surface area contributed by atoms with Gasteiger partial charge in [-0.15, -0.1) is 0 Å². The van der Waals surface area contributed by atoms with Crippen molar-refractivity contribution in [1.29, 1.82) is 0 Å². The summed E-state index contributed by atoms with van der Waals surface area (Å²) >= 11 is 0. The average Bonchev–Trinajstić information content (AvgIpc) is 2.06. The van der Waals surface area contributed by atoms with Gasteiger partial charge in [-0.2, -0.15) is 0 Å². The minimum Gasteiger partial charge on any atom is -0.811 e. The van der Waals surface area contributed by atoms with Gasteiger partial charge in [-0.25, -0.2) is 0 Å². The molecule has 0 aromatic heterocycles. The number of phenols is 1. The molecular weight excluding hydrogens is 243 g/mol. The van der Waals surface area contributed by atoms with E-state index >= 15 is 0 Å². The first-order valence-electron chi connectivity index (χ1n) is 4.26. The zero-order valence-electron chi connectivity index (χ0n) is 8.26. The van der Waals surface area contributed by atoms with Crippen molar-refractivity contribution in [3.05, 3.63) is 29.8 Å². The molecule has 0 aliphatic rings. The third-order valence-electron chi connectivity index (χ3n) is 1.83. The van der Waals surface area contributed by atoms with Crippen LogP contribution in [0.4, 0.5) is 0 Å². The van der Waals surface area contributed by atoms with Crippen LogP contribution < -0.4 is 9.79 Å². The number of aromatic hydroxyl groups is 1. The maximum atomic E-state index is 10.3. The minimum atomic E-state index is -4.36. The summed E-state index contributed by atoms with van der Waals surface area (Å²) < 4.78 is 10.3. The zero-order chi connectivity index (χ0) is 10.6. The van der Waals surface area contributed by atoms with Gasteiger partial charge in [-0.1, -0.05) is 19.7 Å². The summed E-state index contributed by atoms with van der Waals surface area (Å²) in [5.41, 5.74) is 0.913. The van der Waals surface area contributed by atoms with Gasteiger partial charge in [0.1, 0.15) is 5.75 Å². The Morgan fingerprint density at radius 1 is 1.20 bits per heavy atom. The van der Waals surface area contributed by atoms with Crippen LogP contribution in [-0.2, 0) is 11.0 Å². The van der Waals surface area contributed by atoms with E-state index in [1.54, 1.807) is 12.1 Å². The molecule has 78 valence electrons. The number of hydrogen-bond acceptors (Lipinski definition) is 4. The van der Waals surface area contributed by atoms with Crippen LogP contribution in [0.1, 0.15) is 12.0 Å². The van der Waals surface area contributed by atoms with E-state index in [1.165, 1.54) is 12.1 Å². The molecule has 0 saturated carbocycles. The summed E-state index contributed by atoms with van der Waals surface area (Å²) in [6.07, 6.45) is 0.553. The van der Waals surface area contributed by atoms with Crippen molar-refractivity contribution in [2.45, 2.75) is 12.8 Å². The molecule has 0 aliphatic carbocycles. The second kappa shape index (κ2) is 6.89. The van der Waals surface area contributed by atoms with Gasteiger partial charge in [0, 0.05) is 0 Å². The summed E-state index contributed by atoms with van der Waals surface area (Å²) in [7, 11) is -4.36. The maximum absolute atomic E-state index is 10.3. The van der Waals surface area contributed by atoms with Gasteiger partial charge in [0.15, 0.2) is 0 Å². The number of benzene rings is 1. The molecule has 0 heterocycles. The molecule has 0 saturated heterocycles. The van der Waals surface area contributed by atoms with Crippen molar-refractivity contribution in [2.24, 2.45) is 0 Å². The second-order valence-electron chi connectivity index (χ2n) is 3.10. The molecule has 6 heteroatoms. The Balaban J connectivity index is 0.00000196. The molecule has 4 nitrogen and oxygen atoms in total. The fourth-order valence-electron chi connectivity index (χ4n) is 1.14. The summed E-state index contributed by atoms with van der Waals surface area (Å²) in [6, 6.07) is 6.47. The van der Waals surface area contributed by atoms with Crippen LogP contribution in [0.2, 0.25) is 0 Å². The molecule has 1 rings (SSSR count). The van der Waals surface area contributed by atoms with Crippen molar-refractivity contribution in [1.82, 2.24) is 0 Å². The Morgan fingerprint density at radius 2 is 1.73 bits per heavy atom. The zero-order valence-corrected chi connectivity index (χ0v) is 11.4. The minimum absolute atomic E-state index is 0. The third-order valence-corrected chi connectivity index (χ3v) is 2.70. The van der Waals surface area contributed by atoms with E-state index in [0.717, 1.165) is 5.56 Å². The second-order valence-corrected chi connectivity index (χ2v) is 4.77. The van der Waals surface area contributed by atoms with Crippen LogP contribution in [0.25, 0.3) is 0 Å². The van der Waals surface area contributed by atoms with Crippen LogP contribution in [0.5, 0.6) is 5.75 Å². The van der Waals surface area contributed by atoms with Gasteiger partial charge in [0.25, 0.3) is 0 Å². The van der Waals surface area contributed by atoms with Crippen LogP contribution in [0.15, 0.2) is 24.3 Å². The Hall–Kier alpha value is 0.430. The van der Waals surface area contributed by atoms with E-state index in [1.807, 2.05) is 0 Å². The fraction of sp³-hybridized carbons (Fsp3) is 0.333. The first-order chi connectivity index (χ1) is 6.47. The first kappa shape index (κ1) is 15.4. The van der Waals surface area contributed by atoms with Gasteiger partial charge in [0.05, 0.1) is 0 Å². The molecule has 0 spiro atoms. The van der Waals surface area contributed by atoms with E-state index < -0.39 is 7.60 Å². The Labute approximate surface area is 118 Å². The Kier molecular flexibility index (Phi) is 7.09. The predicted octanol–water partition coefficient (Wildman–Crippen LogP) is -0.142. The molecule has 0 radical (unpaired) electrons. The molecule has 0 atom stereocenters. The number of phenolic OH excluding ortho intramolecular Hbond substituents is 1. The molecule has 1 aromatic carbocycles. The van der Waals surface area contributed by atoms with Crippen molar-refractivity contribution in [3.63, 3.8) is 0 Å². The van der Waals surface area contributed by atoms with Gasteiger partial charge < -0.3 is 19.5 Å². The van der Waals surface area contributed by atoms with Gasteiger partial charge in [-0.3, -0.25) is 0 Å². The summed E-state index contributed by atoms with van der Waals surface area (Å²) in [4.78, 5) is 20.6. The molecule has 1 aromatic rings. The summed E-state index contributed by atoms with van der Waals surface area (Å²) in [5, 5.41) is 8.97. The Bertz CT molecular complexity index is 332. The predicted molar refractivity (Wildman–Crippen MR) is 54.7 cm³/mol. The normalized spacial score (nSPS) is 10.8. The average molecular weight is 254 g/mol. The van der Waals surface area contributed by atoms with Crippen molar-refractivity contribution in [3.8, 4) is 5.75 Å². The third kappa shape index (κ3) is 7.34. The molecule has 0 bridgehead atoms. The van der Waals surface area contributed by atoms with Crippen molar-refractivity contribution >= 4 is 45.3 Å². The molecule has 0 amide bonds. The topological polar surface area (TPSA) is 83.4 Å². The monoisotopic (exact) mass is 254 g/mol.